The summed E-state index contributed by atoms with van der Waals surface area (Å²) in [4.78, 5) is 14.4. The Morgan fingerprint density at radius 2 is 2.06 bits per heavy atom. The summed E-state index contributed by atoms with van der Waals surface area (Å²) in [5, 5.41) is 0. The van der Waals surface area contributed by atoms with E-state index < -0.39 is 0 Å². The maximum absolute atomic E-state index is 12.0. The van der Waals surface area contributed by atoms with Crippen LogP contribution in [0.25, 0.3) is 0 Å². The van der Waals surface area contributed by atoms with Crippen molar-refractivity contribution < 1.29 is 9.53 Å². The van der Waals surface area contributed by atoms with Crippen LogP contribution in [-0.4, -0.2) is 35.6 Å². The molecule has 2 fully saturated rings. The second-order valence-corrected chi connectivity index (χ2v) is 6.11. The molecule has 0 aromatic carbocycles. The lowest BCUT2D eigenvalue weighted by Crippen LogP contribution is -2.34. The van der Waals surface area contributed by atoms with Crippen LogP contribution >= 0.6 is 0 Å². The largest absolute Gasteiger partial charge is 0.460 e. The lowest BCUT2D eigenvalue weighted by atomic mass is 9.99. The van der Waals surface area contributed by atoms with Gasteiger partial charge in [-0.2, -0.15) is 0 Å². The number of rotatable bonds is 1. The molecule has 2 aliphatic heterocycles. The maximum atomic E-state index is 12.0. The fraction of sp³-hybridized carbons (Fsp3) is 0.923. The van der Waals surface area contributed by atoms with Crippen LogP contribution in [0.15, 0.2) is 0 Å². The molecule has 0 aliphatic carbocycles. The summed E-state index contributed by atoms with van der Waals surface area (Å²) in [5.74, 6) is 0.115. The summed E-state index contributed by atoms with van der Waals surface area (Å²) < 4.78 is 5.46. The van der Waals surface area contributed by atoms with Gasteiger partial charge in [-0.1, -0.05) is 6.42 Å². The van der Waals surface area contributed by atoms with E-state index in [1.165, 1.54) is 25.8 Å². The van der Waals surface area contributed by atoms with Crippen molar-refractivity contribution in [1.29, 1.82) is 0 Å². The number of hydrogen-bond donors (Lipinski definition) is 0. The molecule has 0 saturated carbocycles. The van der Waals surface area contributed by atoms with E-state index in [1.54, 1.807) is 0 Å². The van der Waals surface area contributed by atoms with Gasteiger partial charge in [-0.05, 0) is 46.6 Å². The zero-order chi connectivity index (χ0) is 11.8. The van der Waals surface area contributed by atoms with Gasteiger partial charge in [-0.25, -0.2) is 0 Å². The molecule has 3 nitrogen and oxygen atoms in total. The smallest absolute Gasteiger partial charge is 0.310 e. The molecule has 0 bridgehead atoms. The number of ether oxygens (including phenoxy) is 1. The highest BCUT2D eigenvalue weighted by Gasteiger charge is 2.38. The number of carbonyl (C=O) groups excluding carboxylic acids is 1. The number of hydrogen-bond acceptors (Lipinski definition) is 3. The molecular weight excluding hydrogens is 202 g/mol. The van der Waals surface area contributed by atoms with Gasteiger partial charge < -0.3 is 4.74 Å². The van der Waals surface area contributed by atoms with Crippen molar-refractivity contribution in [3.8, 4) is 0 Å². The predicted molar refractivity (Wildman–Crippen MR) is 63.2 cm³/mol. The minimum atomic E-state index is -0.347. The van der Waals surface area contributed by atoms with Crippen LogP contribution < -0.4 is 0 Å². The van der Waals surface area contributed by atoms with Crippen LogP contribution in [0.5, 0.6) is 0 Å². The number of fused-ring (bicyclic) bond motifs is 1. The van der Waals surface area contributed by atoms with Gasteiger partial charge in [0.2, 0.25) is 0 Å². The van der Waals surface area contributed by atoms with E-state index in [1.807, 2.05) is 20.8 Å². The van der Waals surface area contributed by atoms with E-state index in [9.17, 15) is 4.79 Å². The van der Waals surface area contributed by atoms with Crippen molar-refractivity contribution in [2.75, 3.05) is 13.1 Å². The fourth-order valence-electron chi connectivity index (χ4n) is 2.81. The van der Waals surface area contributed by atoms with Crippen LogP contribution in [-0.2, 0) is 9.53 Å². The van der Waals surface area contributed by atoms with E-state index in [4.69, 9.17) is 4.74 Å². The summed E-state index contributed by atoms with van der Waals surface area (Å²) >= 11 is 0. The van der Waals surface area contributed by atoms with Gasteiger partial charge >= 0.3 is 5.97 Å². The summed E-state index contributed by atoms with van der Waals surface area (Å²) in [5.41, 5.74) is -0.347. The lowest BCUT2D eigenvalue weighted by Gasteiger charge is -2.28. The zero-order valence-electron chi connectivity index (χ0n) is 10.7. The third-order valence-electron chi connectivity index (χ3n) is 3.50. The monoisotopic (exact) mass is 225 g/mol. The van der Waals surface area contributed by atoms with Crippen molar-refractivity contribution in [3.63, 3.8) is 0 Å². The SMILES string of the molecule is CC(C)(C)OC(=O)C1CC2CCCCN2C1. The molecule has 2 aliphatic rings. The predicted octanol–water partition coefficient (Wildman–Crippen LogP) is 2.20. The molecule has 2 heterocycles. The van der Waals surface area contributed by atoms with Crippen LogP contribution in [0.4, 0.5) is 0 Å². The Labute approximate surface area is 98.1 Å². The highest BCUT2D eigenvalue weighted by atomic mass is 16.6. The molecule has 0 aromatic heterocycles. The Bertz CT molecular complexity index is 256. The van der Waals surface area contributed by atoms with Crippen LogP contribution in [0, 0.1) is 5.92 Å². The molecule has 16 heavy (non-hydrogen) atoms. The van der Waals surface area contributed by atoms with Gasteiger partial charge in [0, 0.05) is 12.6 Å². The van der Waals surface area contributed by atoms with E-state index in [2.05, 4.69) is 4.90 Å². The summed E-state index contributed by atoms with van der Waals surface area (Å²) in [6.07, 6.45) is 4.88. The van der Waals surface area contributed by atoms with Crippen LogP contribution in [0.1, 0.15) is 46.5 Å². The zero-order valence-corrected chi connectivity index (χ0v) is 10.7. The highest BCUT2D eigenvalue weighted by molar-refractivity contribution is 5.73. The van der Waals surface area contributed by atoms with E-state index in [0.29, 0.717) is 6.04 Å². The molecule has 0 amide bonds. The van der Waals surface area contributed by atoms with Crippen LogP contribution in [0.2, 0.25) is 0 Å². The second kappa shape index (κ2) is 4.36. The Kier molecular flexibility index (Phi) is 3.24. The van der Waals surface area contributed by atoms with Crippen molar-refractivity contribution in [3.05, 3.63) is 0 Å². The molecule has 0 N–H and O–H groups in total. The Hall–Kier alpha value is -0.570. The second-order valence-electron chi connectivity index (χ2n) is 6.11. The Morgan fingerprint density at radius 3 is 2.69 bits per heavy atom. The summed E-state index contributed by atoms with van der Waals surface area (Å²) in [6.45, 7) is 7.90. The molecule has 92 valence electrons. The number of nitrogens with zero attached hydrogens (tertiary/aromatic N) is 1. The Balaban J connectivity index is 1.90. The Morgan fingerprint density at radius 1 is 1.31 bits per heavy atom. The van der Waals surface area contributed by atoms with Gasteiger partial charge in [-0.3, -0.25) is 9.69 Å². The first-order chi connectivity index (χ1) is 7.46. The van der Waals surface area contributed by atoms with Crippen molar-refractivity contribution in [2.45, 2.75) is 58.1 Å². The van der Waals surface area contributed by atoms with Crippen LogP contribution in [0.3, 0.4) is 0 Å². The molecule has 0 spiro atoms. The number of carbonyl (C=O) groups is 1. The lowest BCUT2D eigenvalue weighted by molar-refractivity contribution is -0.159. The van der Waals surface area contributed by atoms with Gasteiger partial charge in [0.25, 0.3) is 0 Å². The molecular formula is C13H23NO2. The first-order valence-corrected chi connectivity index (χ1v) is 6.42. The van der Waals surface area contributed by atoms with E-state index in [0.717, 1.165) is 13.0 Å². The van der Waals surface area contributed by atoms with Crippen molar-refractivity contribution in [2.24, 2.45) is 5.92 Å². The first kappa shape index (κ1) is 11.9. The van der Waals surface area contributed by atoms with Gasteiger partial charge in [0.15, 0.2) is 0 Å². The topological polar surface area (TPSA) is 29.5 Å². The average molecular weight is 225 g/mol. The minimum Gasteiger partial charge on any atom is -0.460 e. The molecule has 3 heteroatoms. The van der Waals surface area contributed by atoms with Gasteiger partial charge in [0.05, 0.1) is 5.92 Å². The van der Waals surface area contributed by atoms with Crippen molar-refractivity contribution in [1.82, 2.24) is 4.90 Å². The minimum absolute atomic E-state index is 0.00176. The molecule has 2 atom stereocenters. The van der Waals surface area contributed by atoms with Gasteiger partial charge in [-0.15, -0.1) is 0 Å². The molecule has 2 rings (SSSR count). The van der Waals surface area contributed by atoms with Gasteiger partial charge in [0.1, 0.15) is 5.60 Å². The molecule has 2 unspecified atom stereocenters. The standard InChI is InChI=1S/C13H23NO2/c1-13(2,3)16-12(15)10-8-11-6-4-5-7-14(11)9-10/h10-11H,4-9H2,1-3H3. The summed E-state index contributed by atoms with van der Waals surface area (Å²) in [6, 6.07) is 0.645. The number of esters is 1. The fourth-order valence-corrected chi connectivity index (χ4v) is 2.81. The third kappa shape index (κ3) is 2.76. The van der Waals surface area contributed by atoms with Crippen molar-refractivity contribution >= 4 is 5.97 Å². The third-order valence-corrected chi connectivity index (χ3v) is 3.50. The molecule has 0 aromatic rings. The first-order valence-electron chi connectivity index (χ1n) is 6.42. The molecule has 0 radical (unpaired) electrons. The molecule has 2 saturated heterocycles. The van der Waals surface area contributed by atoms with E-state index >= 15 is 0 Å². The maximum Gasteiger partial charge on any atom is 0.310 e. The quantitative estimate of drug-likeness (QED) is 0.641. The highest BCUT2D eigenvalue weighted by Crippen LogP contribution is 2.31. The average Bonchev–Trinajstić information content (AvgIpc) is 2.58. The van der Waals surface area contributed by atoms with E-state index in [-0.39, 0.29) is 17.5 Å². The summed E-state index contributed by atoms with van der Waals surface area (Å²) in [7, 11) is 0. The number of piperidine rings is 1. The normalized spacial score (nSPS) is 31.2.